The van der Waals surface area contributed by atoms with Gasteiger partial charge in [-0.25, -0.2) is 15.0 Å². The van der Waals surface area contributed by atoms with Crippen molar-refractivity contribution in [3.8, 4) is 22.8 Å². The van der Waals surface area contributed by atoms with Crippen LogP contribution in [0.15, 0.2) is 42.9 Å². The minimum Gasteiger partial charge on any atom is -0.493 e. The average molecular weight is 307 g/mol. The predicted molar refractivity (Wildman–Crippen MR) is 87.5 cm³/mol. The molecule has 1 fully saturated rings. The fraction of sp³-hybridized carbons (Fsp3) is 0.278. The van der Waals surface area contributed by atoms with Crippen molar-refractivity contribution in [2.45, 2.75) is 12.8 Å². The molecule has 116 valence electrons. The van der Waals surface area contributed by atoms with E-state index in [1.807, 2.05) is 30.3 Å². The number of aromatic nitrogens is 3. The molecule has 0 bridgehead atoms. The van der Waals surface area contributed by atoms with E-state index in [0.717, 1.165) is 40.4 Å². The van der Waals surface area contributed by atoms with Gasteiger partial charge in [0, 0.05) is 5.56 Å². The van der Waals surface area contributed by atoms with Crippen molar-refractivity contribution in [1.29, 1.82) is 0 Å². The van der Waals surface area contributed by atoms with Crippen molar-refractivity contribution in [3.05, 3.63) is 42.9 Å². The Morgan fingerprint density at radius 1 is 1.09 bits per heavy atom. The minimum absolute atomic E-state index is 0.710. The molecule has 4 rings (SSSR count). The molecule has 3 aromatic rings. The molecule has 1 aromatic carbocycles. The molecule has 5 nitrogen and oxygen atoms in total. The Kier molecular flexibility index (Phi) is 3.54. The molecule has 0 spiro atoms. The third kappa shape index (κ3) is 2.95. The lowest BCUT2D eigenvalue weighted by molar-refractivity contribution is 0.280. The van der Waals surface area contributed by atoms with E-state index in [1.165, 1.54) is 19.2 Å². The fourth-order valence-corrected chi connectivity index (χ4v) is 2.47. The topological polar surface area (TPSA) is 57.1 Å². The molecule has 1 aliphatic carbocycles. The maximum Gasteiger partial charge on any atom is 0.161 e. The zero-order valence-corrected chi connectivity index (χ0v) is 12.9. The van der Waals surface area contributed by atoms with E-state index in [0.29, 0.717) is 5.92 Å². The molecular weight excluding hydrogens is 290 g/mol. The first-order chi connectivity index (χ1) is 11.3. The maximum atomic E-state index is 5.85. The van der Waals surface area contributed by atoms with Gasteiger partial charge in [0.15, 0.2) is 11.5 Å². The van der Waals surface area contributed by atoms with E-state index < -0.39 is 0 Å². The van der Waals surface area contributed by atoms with Gasteiger partial charge in [-0.3, -0.25) is 0 Å². The number of methoxy groups -OCH3 is 1. The van der Waals surface area contributed by atoms with Gasteiger partial charge in [-0.1, -0.05) is 0 Å². The van der Waals surface area contributed by atoms with Crippen LogP contribution in [-0.2, 0) is 0 Å². The summed E-state index contributed by atoms with van der Waals surface area (Å²) < 4.78 is 11.3. The van der Waals surface area contributed by atoms with E-state index in [2.05, 4.69) is 15.0 Å². The van der Waals surface area contributed by atoms with E-state index in [4.69, 9.17) is 9.47 Å². The molecule has 0 N–H and O–H groups in total. The van der Waals surface area contributed by atoms with Gasteiger partial charge in [0.1, 0.15) is 11.8 Å². The Balaban J connectivity index is 1.66. The van der Waals surface area contributed by atoms with Crippen LogP contribution in [0, 0.1) is 5.92 Å². The quantitative estimate of drug-likeness (QED) is 0.722. The standard InChI is InChI=1S/C18H17N3O2/c1-22-18-8-13(4-7-17(18)23-10-12-2-3-12)14-5-6-15-16(21-14)9-19-11-20-15/h4-9,11-12H,2-3,10H2,1H3. The number of hydrogen-bond acceptors (Lipinski definition) is 5. The molecule has 2 heterocycles. The van der Waals surface area contributed by atoms with Gasteiger partial charge in [0.2, 0.25) is 0 Å². The number of nitrogens with zero attached hydrogens (tertiary/aromatic N) is 3. The summed E-state index contributed by atoms with van der Waals surface area (Å²) >= 11 is 0. The molecule has 5 heteroatoms. The lowest BCUT2D eigenvalue weighted by Crippen LogP contribution is -2.01. The molecule has 2 aromatic heterocycles. The van der Waals surface area contributed by atoms with Crippen molar-refractivity contribution in [1.82, 2.24) is 15.0 Å². The van der Waals surface area contributed by atoms with Gasteiger partial charge >= 0.3 is 0 Å². The number of fused-ring (bicyclic) bond motifs is 1. The Hall–Kier alpha value is -2.69. The monoisotopic (exact) mass is 307 g/mol. The first-order valence-corrected chi connectivity index (χ1v) is 7.71. The van der Waals surface area contributed by atoms with E-state index in [1.54, 1.807) is 13.3 Å². The minimum atomic E-state index is 0.710. The summed E-state index contributed by atoms with van der Waals surface area (Å²) in [5.41, 5.74) is 3.45. The number of rotatable bonds is 5. The Bertz CT molecular complexity index is 847. The highest BCUT2D eigenvalue weighted by Crippen LogP contribution is 2.35. The van der Waals surface area contributed by atoms with E-state index >= 15 is 0 Å². The Morgan fingerprint density at radius 3 is 2.83 bits per heavy atom. The van der Waals surface area contributed by atoms with E-state index in [-0.39, 0.29) is 0 Å². The lowest BCUT2D eigenvalue weighted by atomic mass is 10.1. The normalized spacial score (nSPS) is 14.0. The van der Waals surface area contributed by atoms with Gasteiger partial charge in [-0.15, -0.1) is 0 Å². The van der Waals surface area contributed by atoms with Crippen LogP contribution in [0.1, 0.15) is 12.8 Å². The maximum absolute atomic E-state index is 5.85. The fourth-order valence-electron chi connectivity index (χ4n) is 2.47. The smallest absolute Gasteiger partial charge is 0.161 e. The van der Waals surface area contributed by atoms with Crippen molar-refractivity contribution < 1.29 is 9.47 Å². The number of benzene rings is 1. The Labute approximate surface area is 134 Å². The molecule has 1 aliphatic rings. The summed E-state index contributed by atoms with van der Waals surface area (Å²) in [5.74, 6) is 2.23. The zero-order valence-electron chi connectivity index (χ0n) is 12.9. The van der Waals surface area contributed by atoms with Gasteiger partial charge in [0.05, 0.1) is 31.1 Å². The first-order valence-electron chi connectivity index (χ1n) is 7.71. The molecule has 0 radical (unpaired) electrons. The summed E-state index contributed by atoms with van der Waals surface area (Å²) in [6.07, 6.45) is 5.78. The molecule has 0 atom stereocenters. The highest BCUT2D eigenvalue weighted by atomic mass is 16.5. The van der Waals surface area contributed by atoms with Crippen LogP contribution in [0.4, 0.5) is 0 Å². The molecule has 0 aliphatic heterocycles. The van der Waals surface area contributed by atoms with Crippen molar-refractivity contribution >= 4 is 11.0 Å². The lowest BCUT2D eigenvalue weighted by Gasteiger charge is -2.12. The van der Waals surface area contributed by atoms with Crippen LogP contribution in [0.25, 0.3) is 22.3 Å². The third-order valence-corrected chi connectivity index (χ3v) is 3.99. The second kappa shape index (κ2) is 5.83. The number of pyridine rings is 1. The van der Waals surface area contributed by atoms with Crippen LogP contribution in [-0.4, -0.2) is 28.7 Å². The van der Waals surface area contributed by atoms with Crippen molar-refractivity contribution in [3.63, 3.8) is 0 Å². The number of hydrogen-bond donors (Lipinski definition) is 0. The SMILES string of the molecule is COc1cc(-c2ccc3ncncc3n2)ccc1OCC1CC1. The molecule has 0 amide bonds. The van der Waals surface area contributed by atoms with Crippen molar-refractivity contribution in [2.75, 3.05) is 13.7 Å². The second-order valence-corrected chi connectivity index (χ2v) is 5.74. The largest absolute Gasteiger partial charge is 0.493 e. The predicted octanol–water partition coefficient (Wildman–Crippen LogP) is 3.49. The molecule has 0 saturated heterocycles. The summed E-state index contributed by atoms with van der Waals surface area (Å²) in [6, 6.07) is 9.81. The molecule has 1 saturated carbocycles. The van der Waals surface area contributed by atoms with Gasteiger partial charge < -0.3 is 9.47 Å². The highest BCUT2D eigenvalue weighted by Gasteiger charge is 2.22. The molecule has 23 heavy (non-hydrogen) atoms. The Morgan fingerprint density at radius 2 is 2.00 bits per heavy atom. The van der Waals surface area contributed by atoms with Crippen LogP contribution in [0.2, 0.25) is 0 Å². The number of ether oxygens (including phenoxy) is 2. The first kappa shape index (κ1) is 13.9. The van der Waals surface area contributed by atoms with Crippen LogP contribution in [0.3, 0.4) is 0 Å². The van der Waals surface area contributed by atoms with Gasteiger partial charge in [-0.2, -0.15) is 0 Å². The van der Waals surface area contributed by atoms with Crippen molar-refractivity contribution in [2.24, 2.45) is 5.92 Å². The van der Waals surface area contributed by atoms with Gasteiger partial charge in [-0.05, 0) is 49.1 Å². The summed E-state index contributed by atoms with van der Waals surface area (Å²) in [6.45, 7) is 0.765. The molecular formula is C18H17N3O2. The van der Waals surface area contributed by atoms with Crippen LogP contribution in [0.5, 0.6) is 11.5 Å². The summed E-state index contributed by atoms with van der Waals surface area (Å²) in [7, 11) is 1.66. The highest BCUT2D eigenvalue weighted by molar-refractivity contribution is 5.77. The van der Waals surface area contributed by atoms with Crippen LogP contribution < -0.4 is 9.47 Å². The zero-order chi connectivity index (χ0) is 15.6. The van der Waals surface area contributed by atoms with Crippen LogP contribution >= 0.6 is 0 Å². The average Bonchev–Trinajstić information content (AvgIpc) is 3.44. The molecule has 0 unspecified atom stereocenters. The summed E-state index contributed by atoms with van der Waals surface area (Å²) in [4.78, 5) is 12.8. The summed E-state index contributed by atoms with van der Waals surface area (Å²) in [5, 5.41) is 0. The van der Waals surface area contributed by atoms with E-state index in [9.17, 15) is 0 Å². The van der Waals surface area contributed by atoms with Gasteiger partial charge in [0.25, 0.3) is 0 Å². The second-order valence-electron chi connectivity index (χ2n) is 5.74. The third-order valence-electron chi connectivity index (χ3n) is 3.99.